The SMILES string of the molecule is CCCCC(C(C)C)C(C)CC1CC(C)C2C(C)C3C(CCC(CC)C(C)(C)C)CC1C23. The lowest BCUT2D eigenvalue weighted by atomic mass is 9.46. The fourth-order valence-electron chi connectivity index (χ4n) is 9.87. The van der Waals surface area contributed by atoms with E-state index in [1.807, 2.05) is 0 Å². The first kappa shape index (κ1) is 26.6. The van der Waals surface area contributed by atoms with E-state index in [1.165, 1.54) is 51.4 Å². The summed E-state index contributed by atoms with van der Waals surface area (Å²) in [7, 11) is 0. The molecular weight excluding hydrogens is 384 g/mol. The lowest BCUT2D eigenvalue weighted by Crippen LogP contribution is -2.54. The molecule has 0 heteroatoms. The van der Waals surface area contributed by atoms with Crippen LogP contribution < -0.4 is 0 Å². The van der Waals surface area contributed by atoms with Gasteiger partial charge in [-0.2, -0.15) is 0 Å². The molecule has 0 heterocycles. The average molecular weight is 445 g/mol. The molecule has 11 unspecified atom stereocenters. The highest BCUT2D eigenvalue weighted by molar-refractivity contribution is 5.11. The van der Waals surface area contributed by atoms with Crippen LogP contribution in [0.2, 0.25) is 0 Å². The van der Waals surface area contributed by atoms with E-state index in [-0.39, 0.29) is 0 Å². The fourth-order valence-corrected chi connectivity index (χ4v) is 9.87. The van der Waals surface area contributed by atoms with Crippen LogP contribution in [0.15, 0.2) is 0 Å². The molecule has 188 valence electrons. The van der Waals surface area contributed by atoms with Crippen molar-refractivity contribution in [2.45, 2.75) is 127 Å². The number of rotatable bonds is 11. The van der Waals surface area contributed by atoms with E-state index in [9.17, 15) is 0 Å². The van der Waals surface area contributed by atoms with Crippen molar-refractivity contribution in [2.75, 3.05) is 0 Å². The zero-order chi connectivity index (χ0) is 23.8. The zero-order valence-corrected chi connectivity index (χ0v) is 23.8. The second-order valence-electron chi connectivity index (χ2n) is 14.5. The molecule has 0 radical (unpaired) electrons. The Morgan fingerprint density at radius 1 is 0.844 bits per heavy atom. The normalized spacial score (nSPS) is 39.5. The summed E-state index contributed by atoms with van der Waals surface area (Å²) in [5, 5.41) is 0. The predicted molar refractivity (Wildman–Crippen MR) is 143 cm³/mol. The number of hydrogen-bond donors (Lipinski definition) is 0. The molecule has 0 aromatic rings. The molecule has 3 aliphatic carbocycles. The second kappa shape index (κ2) is 10.7. The molecule has 0 bridgehead atoms. The fraction of sp³-hybridized carbons (Fsp3) is 1.00. The highest BCUT2D eigenvalue weighted by atomic mass is 14.7. The summed E-state index contributed by atoms with van der Waals surface area (Å²) in [6.07, 6.45) is 13.2. The van der Waals surface area contributed by atoms with E-state index in [0.29, 0.717) is 5.41 Å². The van der Waals surface area contributed by atoms with Gasteiger partial charge in [-0.1, -0.05) is 88.5 Å². The van der Waals surface area contributed by atoms with Crippen molar-refractivity contribution in [3.8, 4) is 0 Å². The highest BCUT2D eigenvalue weighted by Crippen LogP contribution is 2.69. The lowest BCUT2D eigenvalue weighted by Gasteiger charge is -2.59. The maximum Gasteiger partial charge on any atom is -0.0316 e. The van der Waals surface area contributed by atoms with Crippen LogP contribution in [0.5, 0.6) is 0 Å². The molecule has 0 amide bonds. The highest BCUT2D eigenvalue weighted by Gasteiger charge is 2.63. The summed E-state index contributed by atoms with van der Waals surface area (Å²) in [5.74, 6) is 11.9. The largest absolute Gasteiger partial charge is 0.0654 e. The Morgan fingerprint density at radius 2 is 1.53 bits per heavy atom. The quantitative estimate of drug-likeness (QED) is 0.297. The average Bonchev–Trinajstić information content (AvgIpc) is 3.03. The van der Waals surface area contributed by atoms with Crippen molar-refractivity contribution < 1.29 is 0 Å². The van der Waals surface area contributed by atoms with Crippen molar-refractivity contribution in [3.05, 3.63) is 0 Å². The number of unbranched alkanes of at least 4 members (excludes halogenated alkanes) is 1. The first-order valence-electron chi connectivity index (χ1n) is 15.0. The van der Waals surface area contributed by atoms with Crippen molar-refractivity contribution in [3.63, 3.8) is 0 Å². The van der Waals surface area contributed by atoms with Crippen molar-refractivity contribution in [1.82, 2.24) is 0 Å². The van der Waals surface area contributed by atoms with Crippen LogP contribution in [0.25, 0.3) is 0 Å². The molecular formula is C32H60. The van der Waals surface area contributed by atoms with E-state index in [2.05, 4.69) is 69.2 Å². The van der Waals surface area contributed by atoms with Gasteiger partial charge in [-0.05, 0) is 115 Å². The third-order valence-electron chi connectivity index (χ3n) is 11.4. The molecule has 3 rings (SSSR count). The summed E-state index contributed by atoms with van der Waals surface area (Å²) < 4.78 is 0. The van der Waals surface area contributed by atoms with Crippen LogP contribution in [0.3, 0.4) is 0 Å². The Labute approximate surface area is 203 Å². The van der Waals surface area contributed by atoms with Gasteiger partial charge in [0.05, 0.1) is 0 Å². The van der Waals surface area contributed by atoms with Gasteiger partial charge in [0, 0.05) is 0 Å². The first-order valence-corrected chi connectivity index (χ1v) is 15.0. The van der Waals surface area contributed by atoms with E-state index >= 15 is 0 Å². The van der Waals surface area contributed by atoms with Crippen LogP contribution in [0, 0.1) is 76.4 Å². The minimum Gasteiger partial charge on any atom is -0.0654 e. The molecule has 0 aromatic carbocycles. The van der Waals surface area contributed by atoms with E-state index in [0.717, 1.165) is 71.0 Å². The van der Waals surface area contributed by atoms with E-state index < -0.39 is 0 Å². The Bertz CT molecular complexity index is 567. The predicted octanol–water partition coefficient (Wildman–Crippen LogP) is 10.1. The smallest absolute Gasteiger partial charge is 0.0316 e. The van der Waals surface area contributed by atoms with Crippen molar-refractivity contribution >= 4 is 0 Å². The van der Waals surface area contributed by atoms with E-state index in [4.69, 9.17) is 0 Å². The molecule has 0 aliphatic heterocycles. The summed E-state index contributed by atoms with van der Waals surface area (Å²) in [6, 6.07) is 0. The Kier molecular flexibility index (Phi) is 8.92. The summed E-state index contributed by atoms with van der Waals surface area (Å²) in [4.78, 5) is 0. The third-order valence-corrected chi connectivity index (χ3v) is 11.4. The van der Waals surface area contributed by atoms with Gasteiger partial charge in [-0.15, -0.1) is 0 Å². The van der Waals surface area contributed by atoms with Crippen LogP contribution in [0.4, 0.5) is 0 Å². The summed E-state index contributed by atoms with van der Waals surface area (Å²) in [5.41, 5.74) is 0.477. The monoisotopic (exact) mass is 444 g/mol. The molecule has 0 saturated heterocycles. The van der Waals surface area contributed by atoms with Crippen molar-refractivity contribution in [2.24, 2.45) is 76.4 Å². The van der Waals surface area contributed by atoms with Gasteiger partial charge < -0.3 is 0 Å². The van der Waals surface area contributed by atoms with Crippen LogP contribution in [-0.2, 0) is 0 Å². The number of hydrogen-bond acceptors (Lipinski definition) is 0. The van der Waals surface area contributed by atoms with Gasteiger partial charge >= 0.3 is 0 Å². The zero-order valence-electron chi connectivity index (χ0n) is 23.8. The first-order chi connectivity index (χ1) is 15.0. The Morgan fingerprint density at radius 3 is 2.09 bits per heavy atom. The summed E-state index contributed by atoms with van der Waals surface area (Å²) >= 11 is 0. The molecule has 0 spiro atoms. The van der Waals surface area contributed by atoms with Gasteiger partial charge in [0.2, 0.25) is 0 Å². The van der Waals surface area contributed by atoms with Crippen LogP contribution in [0.1, 0.15) is 127 Å². The van der Waals surface area contributed by atoms with Crippen LogP contribution >= 0.6 is 0 Å². The molecule has 0 nitrogen and oxygen atoms in total. The maximum atomic E-state index is 2.64. The van der Waals surface area contributed by atoms with Gasteiger partial charge in [0.25, 0.3) is 0 Å². The molecule has 32 heavy (non-hydrogen) atoms. The van der Waals surface area contributed by atoms with E-state index in [1.54, 1.807) is 6.42 Å². The van der Waals surface area contributed by atoms with Crippen LogP contribution in [-0.4, -0.2) is 0 Å². The molecule has 0 N–H and O–H groups in total. The molecule has 3 aliphatic rings. The minimum atomic E-state index is 0.477. The summed E-state index contributed by atoms with van der Waals surface area (Å²) in [6.45, 7) is 25.1. The van der Waals surface area contributed by atoms with Crippen molar-refractivity contribution in [1.29, 1.82) is 0 Å². The van der Waals surface area contributed by atoms with Gasteiger partial charge in [0.1, 0.15) is 0 Å². The molecule has 3 fully saturated rings. The third kappa shape index (κ3) is 5.30. The molecule has 11 atom stereocenters. The van der Waals surface area contributed by atoms with Gasteiger partial charge in [0.15, 0.2) is 0 Å². The maximum absolute atomic E-state index is 2.64. The Balaban J connectivity index is 1.68. The lowest BCUT2D eigenvalue weighted by molar-refractivity contribution is -0.110. The topological polar surface area (TPSA) is 0 Å². The standard InChI is InChI=1S/C32H60/c1-11-13-14-27(20(3)4)21(5)17-25-18-22(6)29-23(7)30-24(19-28(25)31(29)30)15-16-26(12-2)32(8,9)10/h20-31H,11-19H2,1-10H3. The molecule has 3 saturated carbocycles. The minimum absolute atomic E-state index is 0.477. The van der Waals surface area contributed by atoms with Gasteiger partial charge in [-0.3, -0.25) is 0 Å². The molecule has 0 aromatic heterocycles. The second-order valence-corrected chi connectivity index (χ2v) is 14.5. The van der Waals surface area contributed by atoms with Gasteiger partial charge in [-0.25, -0.2) is 0 Å². The Hall–Kier alpha value is 0.